The summed E-state index contributed by atoms with van der Waals surface area (Å²) in [5.74, 6) is 3.00. The van der Waals surface area contributed by atoms with Crippen molar-refractivity contribution in [2.45, 2.75) is 44.6 Å². The lowest BCUT2D eigenvalue weighted by molar-refractivity contribution is -0.140. The number of amides is 1. The Hall–Kier alpha value is -3.14. The number of pyridine rings is 1. The van der Waals surface area contributed by atoms with Gasteiger partial charge in [0.05, 0.1) is 17.3 Å². The molecule has 1 aromatic heterocycles. The molecule has 0 aliphatic heterocycles. The molecule has 7 rings (SSSR count). The molecule has 4 aliphatic rings. The second-order valence-corrected chi connectivity index (χ2v) is 10.4. The Morgan fingerprint density at radius 2 is 1.36 bits per heavy atom. The van der Waals surface area contributed by atoms with Gasteiger partial charge in [-0.15, -0.1) is 0 Å². The Kier molecular flexibility index (Phi) is 5.17. The van der Waals surface area contributed by atoms with Crippen LogP contribution in [-0.4, -0.2) is 10.9 Å². The van der Waals surface area contributed by atoms with E-state index >= 15 is 0 Å². The van der Waals surface area contributed by atoms with E-state index in [0.717, 1.165) is 53.8 Å². The van der Waals surface area contributed by atoms with E-state index in [1.807, 2.05) is 48.5 Å². The van der Waals surface area contributed by atoms with E-state index in [-0.39, 0.29) is 17.4 Å². The van der Waals surface area contributed by atoms with E-state index < -0.39 is 0 Å². The molecule has 1 heterocycles. The first-order chi connectivity index (χ1) is 16.2. The van der Waals surface area contributed by atoms with Crippen LogP contribution in [0.3, 0.4) is 0 Å². The van der Waals surface area contributed by atoms with Crippen LogP contribution in [0.4, 0.5) is 5.69 Å². The van der Waals surface area contributed by atoms with Crippen LogP contribution in [0.2, 0.25) is 0 Å². The quantitative estimate of drug-likeness (QED) is 0.484. The molecule has 1 N–H and O–H groups in total. The summed E-state index contributed by atoms with van der Waals surface area (Å²) in [6.45, 7) is 0. The maximum absolute atomic E-state index is 13.3. The standard InChI is InChI=1S/C29H30N2O2/c32-28(29-16-20-13-21(17-29)15-22(14-20)18-29)31-25-11-12-26(30-19-25)33-27(23-7-3-1-4-8-23)24-9-5-2-6-10-24/h1-12,19-22,27H,13-18H2,(H,31,32). The highest BCUT2D eigenvalue weighted by molar-refractivity contribution is 5.95. The summed E-state index contributed by atoms with van der Waals surface area (Å²) in [6, 6.07) is 24.1. The highest BCUT2D eigenvalue weighted by atomic mass is 16.5. The van der Waals surface area contributed by atoms with Crippen molar-refractivity contribution in [1.82, 2.24) is 4.98 Å². The minimum atomic E-state index is -0.243. The van der Waals surface area contributed by atoms with Gasteiger partial charge in [0.2, 0.25) is 11.8 Å². The third-order valence-corrected chi connectivity index (χ3v) is 7.96. The number of rotatable bonds is 6. The zero-order valence-corrected chi connectivity index (χ0v) is 18.8. The number of carbonyl (C=O) groups is 1. The minimum Gasteiger partial charge on any atom is -0.465 e. The summed E-state index contributed by atoms with van der Waals surface area (Å²) in [7, 11) is 0. The van der Waals surface area contributed by atoms with Crippen LogP contribution < -0.4 is 10.1 Å². The van der Waals surface area contributed by atoms with Crippen molar-refractivity contribution in [1.29, 1.82) is 0 Å². The Labute approximate surface area is 195 Å². The van der Waals surface area contributed by atoms with Crippen molar-refractivity contribution in [3.63, 3.8) is 0 Å². The summed E-state index contributed by atoms with van der Waals surface area (Å²) in [5, 5.41) is 3.19. The highest BCUT2D eigenvalue weighted by Crippen LogP contribution is 2.60. The Balaban J connectivity index is 1.17. The Bertz CT molecular complexity index is 1040. The minimum absolute atomic E-state index is 0.157. The molecule has 3 aromatic rings. The average molecular weight is 439 g/mol. The number of carbonyl (C=O) groups excluding carboxylic acids is 1. The molecular formula is C29H30N2O2. The lowest BCUT2D eigenvalue weighted by Crippen LogP contribution is -2.51. The van der Waals surface area contributed by atoms with Gasteiger partial charge in [-0.3, -0.25) is 4.79 Å². The zero-order chi connectivity index (χ0) is 22.3. The fourth-order valence-corrected chi connectivity index (χ4v) is 6.88. The maximum atomic E-state index is 13.3. The number of hydrogen-bond donors (Lipinski definition) is 1. The lowest BCUT2D eigenvalue weighted by Gasteiger charge is -2.55. The first kappa shape index (κ1) is 20.5. The van der Waals surface area contributed by atoms with E-state index in [2.05, 4.69) is 34.6 Å². The number of benzene rings is 2. The molecule has 4 aliphatic carbocycles. The van der Waals surface area contributed by atoms with Crippen LogP contribution in [0.15, 0.2) is 79.0 Å². The van der Waals surface area contributed by atoms with Crippen LogP contribution in [0.5, 0.6) is 5.88 Å². The van der Waals surface area contributed by atoms with E-state index in [1.165, 1.54) is 19.3 Å². The fraction of sp³-hybridized carbons (Fsp3) is 0.379. The molecule has 168 valence electrons. The molecule has 4 fully saturated rings. The smallest absolute Gasteiger partial charge is 0.230 e. The monoisotopic (exact) mass is 438 g/mol. The SMILES string of the molecule is O=C(Nc1ccc(OC(c2ccccc2)c2ccccc2)nc1)C12CC3CC(CC(C3)C1)C2. The fourth-order valence-electron chi connectivity index (χ4n) is 6.88. The third-order valence-electron chi connectivity index (χ3n) is 7.96. The average Bonchev–Trinajstić information content (AvgIpc) is 2.84. The largest absolute Gasteiger partial charge is 0.465 e. The van der Waals surface area contributed by atoms with Crippen molar-refractivity contribution < 1.29 is 9.53 Å². The molecule has 0 unspecified atom stereocenters. The lowest BCUT2D eigenvalue weighted by atomic mass is 9.49. The molecule has 2 aromatic carbocycles. The normalized spacial score (nSPS) is 27.5. The molecule has 33 heavy (non-hydrogen) atoms. The van der Waals surface area contributed by atoms with Crippen molar-refractivity contribution in [2.75, 3.05) is 5.32 Å². The first-order valence-electron chi connectivity index (χ1n) is 12.2. The molecule has 0 saturated heterocycles. The summed E-state index contributed by atoms with van der Waals surface area (Å²) < 4.78 is 6.32. The highest BCUT2D eigenvalue weighted by Gasteiger charge is 2.54. The van der Waals surface area contributed by atoms with Gasteiger partial charge in [0.25, 0.3) is 0 Å². The van der Waals surface area contributed by atoms with Crippen molar-refractivity contribution in [2.24, 2.45) is 23.2 Å². The topological polar surface area (TPSA) is 51.2 Å². The molecule has 4 saturated carbocycles. The van der Waals surface area contributed by atoms with Crippen molar-refractivity contribution in [3.8, 4) is 5.88 Å². The summed E-state index contributed by atoms with van der Waals surface area (Å²) in [4.78, 5) is 17.9. The molecule has 4 nitrogen and oxygen atoms in total. The van der Waals surface area contributed by atoms with Crippen LogP contribution in [0, 0.1) is 23.2 Å². The van der Waals surface area contributed by atoms with Gasteiger partial charge in [-0.05, 0) is 73.5 Å². The van der Waals surface area contributed by atoms with Crippen LogP contribution in [0.1, 0.15) is 55.8 Å². The van der Waals surface area contributed by atoms with Gasteiger partial charge < -0.3 is 10.1 Å². The van der Waals surface area contributed by atoms with Crippen molar-refractivity contribution >= 4 is 11.6 Å². The number of nitrogens with zero attached hydrogens (tertiary/aromatic N) is 1. The van der Waals surface area contributed by atoms with E-state index in [9.17, 15) is 4.79 Å². The summed E-state index contributed by atoms with van der Waals surface area (Å²) >= 11 is 0. The van der Waals surface area contributed by atoms with E-state index in [4.69, 9.17) is 4.74 Å². The molecule has 0 radical (unpaired) electrons. The molecule has 0 spiro atoms. The number of nitrogens with one attached hydrogen (secondary N) is 1. The first-order valence-corrected chi connectivity index (χ1v) is 12.2. The number of anilines is 1. The van der Waals surface area contributed by atoms with Gasteiger partial charge >= 0.3 is 0 Å². The number of ether oxygens (including phenoxy) is 1. The van der Waals surface area contributed by atoms with Crippen LogP contribution in [0.25, 0.3) is 0 Å². The summed E-state index contributed by atoms with van der Waals surface area (Å²) in [6.07, 6.45) is 8.69. The van der Waals surface area contributed by atoms with Crippen LogP contribution in [-0.2, 0) is 4.79 Å². The number of hydrogen-bond acceptors (Lipinski definition) is 3. The van der Waals surface area contributed by atoms with Gasteiger partial charge in [-0.1, -0.05) is 60.7 Å². The Morgan fingerprint density at radius 3 is 1.85 bits per heavy atom. The molecular weight excluding hydrogens is 408 g/mol. The van der Waals surface area contributed by atoms with E-state index in [0.29, 0.717) is 5.88 Å². The van der Waals surface area contributed by atoms with Crippen LogP contribution >= 0.6 is 0 Å². The van der Waals surface area contributed by atoms with Gasteiger partial charge in [0.1, 0.15) is 0 Å². The Morgan fingerprint density at radius 1 is 0.818 bits per heavy atom. The van der Waals surface area contributed by atoms with E-state index in [1.54, 1.807) is 6.20 Å². The van der Waals surface area contributed by atoms with Gasteiger partial charge in [-0.2, -0.15) is 0 Å². The predicted octanol–water partition coefficient (Wildman–Crippen LogP) is 6.40. The summed E-state index contributed by atoms with van der Waals surface area (Å²) in [5.41, 5.74) is 2.74. The van der Waals surface area contributed by atoms with Gasteiger partial charge in [0, 0.05) is 6.07 Å². The third kappa shape index (κ3) is 4.03. The van der Waals surface area contributed by atoms with Crippen molar-refractivity contribution in [3.05, 3.63) is 90.1 Å². The maximum Gasteiger partial charge on any atom is 0.230 e. The van der Waals surface area contributed by atoms with Gasteiger partial charge in [0.15, 0.2) is 6.10 Å². The second kappa shape index (κ2) is 8.33. The predicted molar refractivity (Wildman–Crippen MR) is 129 cm³/mol. The zero-order valence-electron chi connectivity index (χ0n) is 18.8. The second-order valence-electron chi connectivity index (χ2n) is 10.4. The van der Waals surface area contributed by atoms with Gasteiger partial charge in [-0.25, -0.2) is 4.98 Å². The molecule has 0 atom stereocenters. The molecule has 4 bridgehead atoms. The molecule has 4 heteroatoms. The molecule has 1 amide bonds. The number of aromatic nitrogens is 1.